The van der Waals surface area contributed by atoms with Gasteiger partial charge in [-0.3, -0.25) is 4.79 Å². The molecule has 88 valence electrons. The molecule has 4 heteroatoms. The maximum Gasteiger partial charge on any atom is 0.225 e. The summed E-state index contributed by atoms with van der Waals surface area (Å²) in [7, 11) is 1.62. The third-order valence-corrected chi connectivity index (χ3v) is 3.00. The number of rotatable bonds is 4. The van der Waals surface area contributed by atoms with Crippen molar-refractivity contribution >= 4 is 5.91 Å². The average Bonchev–Trinajstić information content (AvgIpc) is 2.25. The van der Waals surface area contributed by atoms with E-state index in [1.54, 1.807) is 7.11 Å². The third kappa shape index (κ3) is 3.47. The number of hydrogen-bond donors (Lipinski definition) is 1. The Kier molecular flexibility index (Phi) is 5.05. The van der Waals surface area contributed by atoms with Gasteiger partial charge in [0.2, 0.25) is 5.91 Å². The molecule has 1 aliphatic rings. The van der Waals surface area contributed by atoms with E-state index < -0.39 is 0 Å². The molecule has 1 heterocycles. The molecule has 2 N–H and O–H groups in total. The van der Waals surface area contributed by atoms with Gasteiger partial charge in [-0.05, 0) is 26.2 Å². The second-order valence-corrected chi connectivity index (χ2v) is 4.25. The van der Waals surface area contributed by atoms with Gasteiger partial charge >= 0.3 is 0 Å². The van der Waals surface area contributed by atoms with Crippen molar-refractivity contribution in [1.29, 1.82) is 0 Å². The van der Waals surface area contributed by atoms with Crippen molar-refractivity contribution in [2.75, 3.05) is 20.3 Å². The number of nitrogens with two attached hydrogens (primary N) is 1. The molecule has 1 fully saturated rings. The van der Waals surface area contributed by atoms with Gasteiger partial charge in [-0.1, -0.05) is 0 Å². The van der Waals surface area contributed by atoms with E-state index in [9.17, 15) is 4.79 Å². The number of piperidine rings is 1. The van der Waals surface area contributed by atoms with Gasteiger partial charge in [0.25, 0.3) is 0 Å². The van der Waals surface area contributed by atoms with Crippen molar-refractivity contribution in [3.05, 3.63) is 0 Å². The zero-order chi connectivity index (χ0) is 11.3. The lowest BCUT2D eigenvalue weighted by Gasteiger charge is -2.38. The Morgan fingerprint density at radius 3 is 2.93 bits per heavy atom. The number of methoxy groups -OCH3 is 1. The van der Waals surface area contributed by atoms with Gasteiger partial charge in [0.1, 0.15) is 0 Å². The Morgan fingerprint density at radius 1 is 1.60 bits per heavy atom. The fraction of sp³-hybridized carbons (Fsp3) is 0.909. The number of likely N-dealkylation sites (tertiary alicyclic amines) is 1. The molecule has 0 saturated carbocycles. The molecule has 0 aromatic heterocycles. The van der Waals surface area contributed by atoms with Crippen molar-refractivity contribution in [1.82, 2.24) is 4.90 Å². The molecule has 2 unspecified atom stereocenters. The summed E-state index contributed by atoms with van der Waals surface area (Å²) < 4.78 is 4.92. The van der Waals surface area contributed by atoms with E-state index in [-0.39, 0.29) is 18.0 Å². The molecule has 0 spiro atoms. The van der Waals surface area contributed by atoms with E-state index >= 15 is 0 Å². The molecule has 0 aromatic carbocycles. The van der Waals surface area contributed by atoms with E-state index in [4.69, 9.17) is 10.5 Å². The first-order valence-corrected chi connectivity index (χ1v) is 5.70. The van der Waals surface area contributed by atoms with Gasteiger partial charge in [-0.2, -0.15) is 0 Å². The first-order chi connectivity index (χ1) is 7.16. The van der Waals surface area contributed by atoms with Crippen LogP contribution in [0, 0.1) is 0 Å². The smallest absolute Gasteiger partial charge is 0.225 e. The highest BCUT2D eigenvalue weighted by molar-refractivity contribution is 5.76. The minimum Gasteiger partial charge on any atom is -0.384 e. The van der Waals surface area contributed by atoms with Crippen LogP contribution in [-0.4, -0.2) is 43.2 Å². The molecule has 4 nitrogen and oxygen atoms in total. The molecule has 15 heavy (non-hydrogen) atoms. The van der Waals surface area contributed by atoms with E-state index in [1.165, 1.54) is 6.42 Å². The van der Waals surface area contributed by atoms with Crippen LogP contribution in [0.15, 0.2) is 0 Å². The lowest BCUT2D eigenvalue weighted by molar-refractivity contribution is -0.136. The van der Waals surface area contributed by atoms with Gasteiger partial charge in [0.05, 0.1) is 13.0 Å². The Labute approximate surface area is 91.8 Å². The van der Waals surface area contributed by atoms with Crippen LogP contribution < -0.4 is 5.73 Å². The van der Waals surface area contributed by atoms with E-state index in [1.807, 2.05) is 11.8 Å². The van der Waals surface area contributed by atoms with Gasteiger partial charge in [-0.25, -0.2) is 0 Å². The fourth-order valence-corrected chi connectivity index (χ4v) is 2.15. The predicted octanol–water partition coefficient (Wildman–Crippen LogP) is 0.751. The lowest BCUT2D eigenvalue weighted by Crippen LogP contribution is -2.51. The van der Waals surface area contributed by atoms with Crippen LogP contribution in [-0.2, 0) is 9.53 Å². The van der Waals surface area contributed by atoms with E-state index in [2.05, 4.69) is 0 Å². The summed E-state index contributed by atoms with van der Waals surface area (Å²) in [6, 6.07) is 0.292. The summed E-state index contributed by atoms with van der Waals surface area (Å²) in [4.78, 5) is 13.8. The molecular weight excluding hydrogens is 192 g/mol. The lowest BCUT2D eigenvalue weighted by atomic mass is 9.96. The van der Waals surface area contributed by atoms with E-state index in [0.29, 0.717) is 13.0 Å². The summed E-state index contributed by atoms with van der Waals surface area (Å²) in [6.07, 6.45) is 3.79. The first kappa shape index (κ1) is 12.5. The normalized spacial score (nSPS) is 23.9. The highest BCUT2D eigenvalue weighted by atomic mass is 16.5. The Bertz CT molecular complexity index is 207. The van der Waals surface area contributed by atoms with Crippen molar-refractivity contribution in [3.63, 3.8) is 0 Å². The van der Waals surface area contributed by atoms with Crippen molar-refractivity contribution in [2.24, 2.45) is 5.73 Å². The fourth-order valence-electron chi connectivity index (χ4n) is 2.15. The first-order valence-electron chi connectivity index (χ1n) is 5.70. The third-order valence-electron chi connectivity index (χ3n) is 3.00. The standard InChI is InChI=1S/C11H22N2O2/c1-9(12)10-5-3-4-7-13(10)11(14)6-8-15-2/h9-10H,3-8,12H2,1-2H3. The predicted molar refractivity (Wildman–Crippen MR) is 59.5 cm³/mol. The molecule has 0 bridgehead atoms. The number of ether oxygens (including phenoxy) is 1. The van der Waals surface area contributed by atoms with Gasteiger partial charge < -0.3 is 15.4 Å². The molecular formula is C11H22N2O2. The van der Waals surface area contributed by atoms with Crippen molar-refractivity contribution in [2.45, 2.75) is 44.7 Å². The van der Waals surface area contributed by atoms with Crippen LogP contribution in [0.4, 0.5) is 0 Å². The minimum absolute atomic E-state index is 0.0665. The quantitative estimate of drug-likeness (QED) is 0.751. The summed E-state index contributed by atoms with van der Waals surface area (Å²) in [5.41, 5.74) is 5.90. The van der Waals surface area contributed by atoms with Crippen LogP contribution in [0.2, 0.25) is 0 Å². The SMILES string of the molecule is COCCC(=O)N1CCCCC1C(C)N. The maximum absolute atomic E-state index is 11.9. The average molecular weight is 214 g/mol. The second-order valence-electron chi connectivity index (χ2n) is 4.25. The molecule has 1 saturated heterocycles. The molecule has 2 atom stereocenters. The van der Waals surface area contributed by atoms with E-state index in [0.717, 1.165) is 19.4 Å². The van der Waals surface area contributed by atoms with Crippen LogP contribution in [0.25, 0.3) is 0 Å². The summed E-state index contributed by atoms with van der Waals surface area (Å²) >= 11 is 0. The topological polar surface area (TPSA) is 55.6 Å². The monoisotopic (exact) mass is 214 g/mol. The van der Waals surface area contributed by atoms with Crippen LogP contribution >= 0.6 is 0 Å². The second kappa shape index (κ2) is 6.08. The number of carbonyl (C=O) groups excluding carboxylic acids is 1. The van der Waals surface area contributed by atoms with Crippen molar-refractivity contribution in [3.8, 4) is 0 Å². The summed E-state index contributed by atoms with van der Waals surface area (Å²) in [6.45, 7) is 3.34. The summed E-state index contributed by atoms with van der Waals surface area (Å²) in [5, 5.41) is 0. The Morgan fingerprint density at radius 2 is 2.33 bits per heavy atom. The van der Waals surface area contributed by atoms with Gasteiger partial charge in [-0.15, -0.1) is 0 Å². The van der Waals surface area contributed by atoms with Gasteiger partial charge in [0, 0.05) is 25.7 Å². The number of hydrogen-bond acceptors (Lipinski definition) is 3. The van der Waals surface area contributed by atoms with Crippen molar-refractivity contribution < 1.29 is 9.53 Å². The van der Waals surface area contributed by atoms with Crippen LogP contribution in [0.3, 0.4) is 0 Å². The molecule has 0 aromatic rings. The highest BCUT2D eigenvalue weighted by Gasteiger charge is 2.28. The zero-order valence-corrected chi connectivity index (χ0v) is 9.74. The maximum atomic E-state index is 11.9. The molecule has 0 aliphatic carbocycles. The number of nitrogens with zero attached hydrogens (tertiary/aromatic N) is 1. The molecule has 1 amide bonds. The van der Waals surface area contributed by atoms with Gasteiger partial charge in [0.15, 0.2) is 0 Å². The zero-order valence-electron chi connectivity index (χ0n) is 9.74. The highest BCUT2D eigenvalue weighted by Crippen LogP contribution is 2.19. The van der Waals surface area contributed by atoms with Crippen LogP contribution in [0.1, 0.15) is 32.6 Å². The number of carbonyl (C=O) groups is 1. The number of amides is 1. The summed E-state index contributed by atoms with van der Waals surface area (Å²) in [5.74, 6) is 0.179. The Hall–Kier alpha value is -0.610. The molecule has 0 radical (unpaired) electrons. The largest absolute Gasteiger partial charge is 0.384 e. The van der Waals surface area contributed by atoms with Crippen LogP contribution in [0.5, 0.6) is 0 Å². The molecule has 1 aliphatic heterocycles. The Balaban J connectivity index is 2.51. The molecule has 1 rings (SSSR count). The minimum atomic E-state index is 0.0665.